The summed E-state index contributed by atoms with van der Waals surface area (Å²) in [5, 5.41) is 0. The molecule has 20 heavy (non-hydrogen) atoms. The van der Waals surface area contributed by atoms with E-state index in [4.69, 9.17) is 4.74 Å². The molecule has 2 rings (SSSR count). The molecule has 1 aromatic carbocycles. The van der Waals surface area contributed by atoms with Gasteiger partial charge in [0.15, 0.2) is 5.78 Å². The highest BCUT2D eigenvalue weighted by molar-refractivity contribution is 5.96. The number of hydrogen-bond donors (Lipinski definition) is 0. The van der Waals surface area contributed by atoms with E-state index >= 15 is 0 Å². The maximum Gasteiger partial charge on any atom is 0.163 e. The summed E-state index contributed by atoms with van der Waals surface area (Å²) >= 11 is 0. The van der Waals surface area contributed by atoms with E-state index in [1.54, 1.807) is 6.92 Å². The lowest BCUT2D eigenvalue weighted by molar-refractivity contribution is 0.0941. The first kappa shape index (κ1) is 15.0. The predicted octanol–water partition coefficient (Wildman–Crippen LogP) is 3.39. The molecule has 1 heterocycles. The average Bonchev–Trinajstić information content (AvgIpc) is 2.44. The Morgan fingerprint density at radius 2 is 2.10 bits per heavy atom. The molecule has 0 saturated carbocycles. The summed E-state index contributed by atoms with van der Waals surface area (Å²) in [7, 11) is 0. The second-order valence-corrected chi connectivity index (χ2v) is 5.80. The number of rotatable bonds is 5. The second kappa shape index (κ2) is 6.89. The third-order valence-corrected chi connectivity index (χ3v) is 4.41. The van der Waals surface area contributed by atoms with Crippen LogP contribution in [0.15, 0.2) is 24.3 Å². The molecule has 0 radical (unpaired) electrons. The molecule has 3 heteroatoms. The molecular formula is C17H25NO2. The fourth-order valence-electron chi connectivity index (χ4n) is 2.89. The van der Waals surface area contributed by atoms with Crippen molar-refractivity contribution in [2.75, 3.05) is 19.7 Å². The van der Waals surface area contributed by atoms with Crippen LogP contribution in [0.4, 0.5) is 0 Å². The normalized spacial score (nSPS) is 23.6. The first-order chi connectivity index (χ1) is 9.59. The molecule has 1 aromatic rings. The average molecular weight is 275 g/mol. The summed E-state index contributed by atoms with van der Waals surface area (Å²) in [5.41, 5.74) is 0.674. The minimum Gasteiger partial charge on any atom is -0.491 e. The standard InChI is InChI=1S/C17H25NO2/c1-13-7-6-10-18(14(13)2)11-12-20-17-9-5-4-8-16(17)15(3)19/h4-5,8-9,13-14H,6-7,10-12H2,1-3H3. The number of para-hydroxylation sites is 1. The van der Waals surface area contributed by atoms with E-state index in [0.29, 0.717) is 24.0 Å². The summed E-state index contributed by atoms with van der Waals surface area (Å²) in [5.74, 6) is 1.52. The molecular weight excluding hydrogens is 250 g/mol. The number of carbonyl (C=O) groups excluding carboxylic acids is 1. The van der Waals surface area contributed by atoms with Gasteiger partial charge in [-0.05, 0) is 51.3 Å². The molecule has 3 nitrogen and oxygen atoms in total. The van der Waals surface area contributed by atoms with E-state index in [1.165, 1.54) is 12.8 Å². The van der Waals surface area contributed by atoms with E-state index in [9.17, 15) is 4.79 Å². The van der Waals surface area contributed by atoms with Crippen molar-refractivity contribution in [3.63, 3.8) is 0 Å². The first-order valence-corrected chi connectivity index (χ1v) is 7.56. The predicted molar refractivity (Wildman–Crippen MR) is 81.4 cm³/mol. The SMILES string of the molecule is CC(=O)c1ccccc1OCCN1CCCC(C)C1C. The number of nitrogens with zero attached hydrogens (tertiary/aromatic N) is 1. The fraction of sp³-hybridized carbons (Fsp3) is 0.588. The summed E-state index contributed by atoms with van der Waals surface area (Å²) in [6, 6.07) is 8.10. The Balaban J connectivity index is 1.88. The van der Waals surface area contributed by atoms with Crippen LogP contribution in [-0.2, 0) is 0 Å². The van der Waals surface area contributed by atoms with Crippen molar-refractivity contribution in [1.82, 2.24) is 4.90 Å². The number of ether oxygens (including phenoxy) is 1. The molecule has 2 atom stereocenters. The number of carbonyl (C=O) groups is 1. The van der Waals surface area contributed by atoms with Crippen molar-refractivity contribution in [3.05, 3.63) is 29.8 Å². The van der Waals surface area contributed by atoms with Gasteiger partial charge < -0.3 is 4.74 Å². The van der Waals surface area contributed by atoms with Crippen LogP contribution in [0.25, 0.3) is 0 Å². The van der Waals surface area contributed by atoms with Crippen molar-refractivity contribution in [2.45, 2.75) is 39.7 Å². The van der Waals surface area contributed by atoms with Crippen molar-refractivity contribution in [1.29, 1.82) is 0 Å². The summed E-state index contributed by atoms with van der Waals surface area (Å²) < 4.78 is 5.82. The van der Waals surface area contributed by atoms with E-state index in [-0.39, 0.29) is 5.78 Å². The van der Waals surface area contributed by atoms with Crippen LogP contribution < -0.4 is 4.74 Å². The van der Waals surface area contributed by atoms with Gasteiger partial charge in [-0.15, -0.1) is 0 Å². The third-order valence-electron chi connectivity index (χ3n) is 4.41. The Morgan fingerprint density at radius 3 is 2.85 bits per heavy atom. The van der Waals surface area contributed by atoms with Crippen LogP contribution in [0, 0.1) is 5.92 Å². The lowest BCUT2D eigenvalue weighted by Crippen LogP contribution is -2.44. The Morgan fingerprint density at radius 1 is 1.35 bits per heavy atom. The minimum absolute atomic E-state index is 0.0561. The fourth-order valence-corrected chi connectivity index (χ4v) is 2.89. The van der Waals surface area contributed by atoms with E-state index in [0.717, 1.165) is 19.0 Å². The molecule has 1 aliphatic heterocycles. The molecule has 2 unspecified atom stereocenters. The molecule has 0 N–H and O–H groups in total. The highest BCUT2D eigenvalue weighted by Gasteiger charge is 2.24. The number of Topliss-reactive ketones (excluding diaryl/α,β-unsaturated/α-hetero) is 1. The monoisotopic (exact) mass is 275 g/mol. The van der Waals surface area contributed by atoms with Crippen molar-refractivity contribution >= 4 is 5.78 Å². The largest absolute Gasteiger partial charge is 0.491 e. The van der Waals surface area contributed by atoms with Crippen molar-refractivity contribution < 1.29 is 9.53 Å². The van der Waals surface area contributed by atoms with Crippen molar-refractivity contribution in [3.8, 4) is 5.75 Å². The maximum atomic E-state index is 11.5. The van der Waals surface area contributed by atoms with Gasteiger partial charge in [0, 0.05) is 12.6 Å². The van der Waals surface area contributed by atoms with Crippen molar-refractivity contribution in [2.24, 2.45) is 5.92 Å². The molecule has 0 spiro atoms. The van der Waals surface area contributed by atoms with Gasteiger partial charge in [-0.1, -0.05) is 19.1 Å². The number of hydrogen-bond acceptors (Lipinski definition) is 3. The Kier molecular flexibility index (Phi) is 5.18. The van der Waals surface area contributed by atoms with Gasteiger partial charge in [0.1, 0.15) is 12.4 Å². The van der Waals surface area contributed by atoms with Crippen LogP contribution in [-0.4, -0.2) is 36.4 Å². The lowest BCUT2D eigenvalue weighted by Gasteiger charge is -2.37. The zero-order valence-corrected chi connectivity index (χ0v) is 12.8. The zero-order chi connectivity index (χ0) is 14.5. The summed E-state index contributed by atoms with van der Waals surface area (Å²) in [4.78, 5) is 14.0. The molecule has 1 saturated heterocycles. The molecule has 0 amide bonds. The minimum atomic E-state index is 0.0561. The number of piperidine rings is 1. The first-order valence-electron chi connectivity index (χ1n) is 7.56. The Hall–Kier alpha value is -1.35. The Bertz CT molecular complexity index is 458. The summed E-state index contributed by atoms with van der Waals surface area (Å²) in [6.45, 7) is 8.93. The topological polar surface area (TPSA) is 29.5 Å². The number of benzene rings is 1. The quantitative estimate of drug-likeness (QED) is 0.771. The maximum absolute atomic E-state index is 11.5. The van der Waals surface area contributed by atoms with E-state index in [2.05, 4.69) is 18.7 Å². The van der Waals surface area contributed by atoms with Crippen LogP contribution in [0.2, 0.25) is 0 Å². The van der Waals surface area contributed by atoms with Gasteiger partial charge in [0.2, 0.25) is 0 Å². The van der Waals surface area contributed by atoms with E-state index < -0.39 is 0 Å². The highest BCUT2D eigenvalue weighted by atomic mass is 16.5. The van der Waals surface area contributed by atoms with E-state index in [1.807, 2.05) is 24.3 Å². The number of ketones is 1. The van der Waals surface area contributed by atoms with Crippen LogP contribution in [0.3, 0.4) is 0 Å². The van der Waals surface area contributed by atoms with Crippen LogP contribution in [0.1, 0.15) is 44.0 Å². The molecule has 1 fully saturated rings. The van der Waals surface area contributed by atoms with Gasteiger partial charge in [0.05, 0.1) is 5.56 Å². The van der Waals surface area contributed by atoms with Crippen LogP contribution >= 0.6 is 0 Å². The molecule has 0 aliphatic carbocycles. The highest BCUT2D eigenvalue weighted by Crippen LogP contribution is 2.23. The van der Waals surface area contributed by atoms with Gasteiger partial charge in [-0.2, -0.15) is 0 Å². The van der Waals surface area contributed by atoms with Gasteiger partial charge >= 0.3 is 0 Å². The Labute approximate surface area is 121 Å². The van der Waals surface area contributed by atoms with Crippen LogP contribution in [0.5, 0.6) is 5.75 Å². The summed E-state index contributed by atoms with van der Waals surface area (Å²) in [6.07, 6.45) is 2.60. The molecule has 110 valence electrons. The van der Waals surface area contributed by atoms with Gasteiger partial charge in [-0.3, -0.25) is 9.69 Å². The molecule has 0 aromatic heterocycles. The molecule has 1 aliphatic rings. The van der Waals surface area contributed by atoms with Gasteiger partial charge in [-0.25, -0.2) is 0 Å². The molecule has 0 bridgehead atoms. The second-order valence-electron chi connectivity index (χ2n) is 5.80. The number of likely N-dealkylation sites (tertiary alicyclic amines) is 1. The smallest absolute Gasteiger partial charge is 0.163 e. The lowest BCUT2D eigenvalue weighted by atomic mass is 9.92. The van der Waals surface area contributed by atoms with Gasteiger partial charge in [0.25, 0.3) is 0 Å². The third kappa shape index (κ3) is 3.60. The zero-order valence-electron chi connectivity index (χ0n) is 12.8.